The summed E-state index contributed by atoms with van der Waals surface area (Å²) in [6.45, 7) is -0.632. The van der Waals surface area contributed by atoms with Crippen LogP contribution in [0.1, 0.15) is 30.9 Å². The Labute approximate surface area is 124 Å². The molecule has 0 aliphatic heterocycles. The van der Waals surface area contributed by atoms with Gasteiger partial charge in [0.25, 0.3) is 0 Å². The fourth-order valence-electron chi connectivity index (χ4n) is 2.25. The van der Waals surface area contributed by atoms with Crippen molar-refractivity contribution in [3.63, 3.8) is 0 Å². The Morgan fingerprint density at radius 3 is 2.50 bits per heavy atom. The normalized spacial score (nSPS) is 17.5. The Balaban J connectivity index is 1.91. The monoisotopic (exact) mass is 351 g/mol. The Morgan fingerprint density at radius 2 is 1.95 bits per heavy atom. The number of hydrogen-bond donors (Lipinski definition) is 1. The van der Waals surface area contributed by atoms with Crippen LogP contribution in [0, 0.1) is 0 Å². The highest BCUT2D eigenvalue weighted by molar-refractivity contribution is 9.10. The van der Waals surface area contributed by atoms with Gasteiger partial charge in [0.05, 0.1) is 12.6 Å². The molecule has 0 amide bonds. The van der Waals surface area contributed by atoms with Crippen molar-refractivity contribution in [2.45, 2.75) is 37.6 Å². The number of aliphatic hydroxyl groups is 1. The molecule has 2 nitrogen and oxygen atoms in total. The molecule has 1 N–H and O–H groups in total. The van der Waals surface area contributed by atoms with Gasteiger partial charge < -0.3 is 5.11 Å². The molecule has 0 saturated heterocycles. The molecule has 1 aliphatic carbocycles. The molecule has 1 unspecified atom stereocenters. The van der Waals surface area contributed by atoms with Gasteiger partial charge in [-0.1, -0.05) is 34.1 Å². The Hall–Kier alpha value is -0.590. The van der Waals surface area contributed by atoms with Crippen LogP contribution in [0.2, 0.25) is 0 Å². The lowest BCUT2D eigenvalue weighted by Gasteiger charge is -2.24. The first kappa shape index (κ1) is 15.8. The van der Waals surface area contributed by atoms with Crippen molar-refractivity contribution >= 4 is 15.9 Å². The number of benzene rings is 1. The van der Waals surface area contributed by atoms with E-state index >= 15 is 0 Å². The van der Waals surface area contributed by atoms with Gasteiger partial charge in [-0.3, -0.25) is 4.90 Å². The van der Waals surface area contributed by atoms with Gasteiger partial charge in [-0.05, 0) is 30.9 Å². The largest absolute Gasteiger partial charge is 0.401 e. The molecule has 0 heterocycles. The van der Waals surface area contributed by atoms with Crippen LogP contribution >= 0.6 is 15.9 Å². The summed E-state index contributed by atoms with van der Waals surface area (Å²) < 4.78 is 38.3. The maximum Gasteiger partial charge on any atom is 0.401 e. The van der Waals surface area contributed by atoms with Gasteiger partial charge >= 0.3 is 6.18 Å². The predicted octanol–water partition coefficient (Wildman–Crippen LogP) is 3.90. The van der Waals surface area contributed by atoms with Crippen molar-refractivity contribution in [3.05, 3.63) is 34.3 Å². The first-order chi connectivity index (χ1) is 9.37. The number of aliphatic hydroxyl groups excluding tert-OH is 1. The van der Waals surface area contributed by atoms with Crippen molar-refractivity contribution < 1.29 is 18.3 Å². The van der Waals surface area contributed by atoms with E-state index in [2.05, 4.69) is 15.9 Å². The van der Waals surface area contributed by atoms with Gasteiger partial charge in [0.1, 0.15) is 0 Å². The summed E-state index contributed by atoms with van der Waals surface area (Å²) in [6, 6.07) is 7.26. The lowest BCUT2D eigenvalue weighted by Crippen LogP contribution is -2.37. The van der Waals surface area contributed by atoms with Crippen LogP contribution in [0.25, 0.3) is 0 Å². The topological polar surface area (TPSA) is 23.5 Å². The number of halogens is 4. The molecule has 1 aliphatic rings. The van der Waals surface area contributed by atoms with Gasteiger partial charge in [-0.2, -0.15) is 13.2 Å². The van der Waals surface area contributed by atoms with E-state index in [0.717, 1.165) is 22.9 Å². The molecule has 0 radical (unpaired) electrons. The average Bonchev–Trinajstić information content (AvgIpc) is 3.17. The van der Waals surface area contributed by atoms with Crippen molar-refractivity contribution in [1.29, 1.82) is 0 Å². The molecule has 20 heavy (non-hydrogen) atoms. The van der Waals surface area contributed by atoms with E-state index < -0.39 is 18.8 Å². The van der Waals surface area contributed by atoms with Crippen molar-refractivity contribution in [2.75, 3.05) is 13.1 Å². The van der Waals surface area contributed by atoms with Crippen LogP contribution in [0.15, 0.2) is 28.7 Å². The second-order valence-electron chi connectivity index (χ2n) is 5.14. The van der Waals surface area contributed by atoms with E-state index in [9.17, 15) is 18.3 Å². The van der Waals surface area contributed by atoms with Gasteiger partial charge in [0.2, 0.25) is 0 Å². The summed E-state index contributed by atoms with van der Waals surface area (Å²) in [7, 11) is 0. The lowest BCUT2D eigenvalue weighted by atomic mass is 10.1. The fourth-order valence-corrected chi connectivity index (χ4v) is 2.80. The minimum atomic E-state index is -4.18. The van der Waals surface area contributed by atoms with E-state index in [1.165, 1.54) is 4.90 Å². The van der Waals surface area contributed by atoms with Crippen LogP contribution in [-0.2, 0) is 0 Å². The predicted molar refractivity (Wildman–Crippen MR) is 74.4 cm³/mol. The van der Waals surface area contributed by atoms with Crippen LogP contribution < -0.4 is 0 Å². The number of alkyl halides is 3. The van der Waals surface area contributed by atoms with Crippen molar-refractivity contribution in [1.82, 2.24) is 4.90 Å². The summed E-state index contributed by atoms with van der Waals surface area (Å²) in [5, 5.41) is 10.1. The second kappa shape index (κ2) is 6.45. The second-order valence-corrected chi connectivity index (χ2v) is 6.00. The molecule has 1 aromatic carbocycles. The fraction of sp³-hybridized carbons (Fsp3) is 0.571. The molecule has 0 bridgehead atoms. The first-order valence-electron chi connectivity index (χ1n) is 6.60. The molecule has 0 spiro atoms. The van der Waals surface area contributed by atoms with E-state index in [1.807, 2.05) is 12.1 Å². The molecule has 112 valence electrons. The Kier molecular flexibility index (Phi) is 5.09. The number of hydrogen-bond acceptors (Lipinski definition) is 2. The van der Waals surface area contributed by atoms with E-state index in [0.29, 0.717) is 6.42 Å². The molecule has 1 fully saturated rings. The van der Waals surface area contributed by atoms with Crippen LogP contribution in [0.4, 0.5) is 13.2 Å². The summed E-state index contributed by atoms with van der Waals surface area (Å²) in [4.78, 5) is 1.43. The van der Waals surface area contributed by atoms with Crippen molar-refractivity contribution in [2.24, 2.45) is 0 Å². The summed E-state index contributed by atoms with van der Waals surface area (Å²) in [5.74, 6) is 0. The number of rotatable bonds is 6. The molecule has 1 saturated carbocycles. The molecule has 6 heteroatoms. The van der Waals surface area contributed by atoms with Crippen molar-refractivity contribution in [3.8, 4) is 0 Å². The Morgan fingerprint density at radius 1 is 1.30 bits per heavy atom. The third-order valence-corrected chi connectivity index (χ3v) is 4.12. The van der Waals surface area contributed by atoms with E-state index in [4.69, 9.17) is 0 Å². The highest BCUT2D eigenvalue weighted by Crippen LogP contribution is 2.32. The van der Waals surface area contributed by atoms with E-state index in [1.54, 1.807) is 12.1 Å². The molecule has 1 aromatic rings. The zero-order chi connectivity index (χ0) is 14.8. The summed E-state index contributed by atoms with van der Waals surface area (Å²) in [6.07, 6.45) is -2.99. The molecule has 1 atom stereocenters. The van der Waals surface area contributed by atoms with Gasteiger partial charge in [-0.15, -0.1) is 0 Å². The SMILES string of the molecule is OC(CCN(CC(F)(F)F)C1CC1)c1ccccc1Br. The van der Waals surface area contributed by atoms with Crippen LogP contribution in [0.3, 0.4) is 0 Å². The third-order valence-electron chi connectivity index (χ3n) is 3.40. The van der Waals surface area contributed by atoms with Gasteiger partial charge in [0, 0.05) is 17.1 Å². The highest BCUT2D eigenvalue weighted by Gasteiger charge is 2.37. The van der Waals surface area contributed by atoms with E-state index in [-0.39, 0.29) is 12.6 Å². The lowest BCUT2D eigenvalue weighted by molar-refractivity contribution is -0.147. The average molecular weight is 352 g/mol. The standard InChI is InChI=1S/C14H17BrF3NO/c15-12-4-2-1-3-11(12)13(20)7-8-19(10-5-6-10)9-14(16,17)18/h1-4,10,13,20H,5-9H2. The zero-order valence-electron chi connectivity index (χ0n) is 10.9. The summed E-state index contributed by atoms with van der Waals surface area (Å²) >= 11 is 3.34. The Bertz CT molecular complexity index is 448. The summed E-state index contributed by atoms with van der Waals surface area (Å²) in [5.41, 5.74) is 0.718. The van der Waals surface area contributed by atoms with Gasteiger partial charge in [-0.25, -0.2) is 0 Å². The van der Waals surface area contributed by atoms with Crippen LogP contribution in [-0.4, -0.2) is 35.3 Å². The molecular formula is C14H17BrF3NO. The highest BCUT2D eigenvalue weighted by atomic mass is 79.9. The quantitative estimate of drug-likeness (QED) is 0.840. The zero-order valence-corrected chi connectivity index (χ0v) is 12.5. The molecule has 0 aromatic heterocycles. The molecular weight excluding hydrogens is 335 g/mol. The van der Waals surface area contributed by atoms with Crippen LogP contribution in [0.5, 0.6) is 0 Å². The minimum Gasteiger partial charge on any atom is -0.388 e. The number of nitrogens with zero attached hydrogens (tertiary/aromatic N) is 1. The maximum atomic E-state index is 12.5. The maximum absolute atomic E-state index is 12.5. The van der Waals surface area contributed by atoms with Gasteiger partial charge in [0.15, 0.2) is 0 Å². The minimum absolute atomic E-state index is 0.0306. The molecule has 2 rings (SSSR count). The first-order valence-corrected chi connectivity index (χ1v) is 7.39. The smallest absolute Gasteiger partial charge is 0.388 e. The third kappa shape index (κ3) is 4.75.